The van der Waals surface area contributed by atoms with Gasteiger partial charge in [-0.25, -0.2) is 14.4 Å². The summed E-state index contributed by atoms with van der Waals surface area (Å²) in [5.74, 6) is 0.0591. The van der Waals surface area contributed by atoms with Crippen LogP contribution in [0.2, 0.25) is 0 Å². The third-order valence-electron chi connectivity index (χ3n) is 4.81. The summed E-state index contributed by atoms with van der Waals surface area (Å²) in [6.45, 7) is 5.65. The molecule has 29 heavy (non-hydrogen) atoms. The van der Waals surface area contributed by atoms with Gasteiger partial charge in [0.2, 0.25) is 5.91 Å². The lowest BCUT2D eigenvalue weighted by Crippen LogP contribution is -2.17. The second-order valence-electron chi connectivity index (χ2n) is 7.25. The SMILES string of the molecule is Cc1ccnc(NC(=O)Cc2c(-c3ccc(F)c(C)c3)nc3ccc(C)cn23)c1. The Bertz CT molecular complexity index is 1230. The monoisotopic (exact) mass is 388 g/mol. The van der Waals surface area contributed by atoms with Crippen molar-refractivity contribution in [2.75, 3.05) is 5.32 Å². The van der Waals surface area contributed by atoms with Crippen LogP contribution in [-0.2, 0) is 11.2 Å². The van der Waals surface area contributed by atoms with Crippen LogP contribution >= 0.6 is 0 Å². The Labute approximate surface area is 168 Å². The highest BCUT2D eigenvalue weighted by atomic mass is 19.1. The number of nitrogens with one attached hydrogen (secondary N) is 1. The molecule has 0 bridgehead atoms. The predicted molar refractivity (Wildman–Crippen MR) is 111 cm³/mol. The zero-order valence-corrected chi connectivity index (χ0v) is 16.5. The molecule has 0 aliphatic rings. The van der Waals surface area contributed by atoms with Gasteiger partial charge in [-0.05, 0) is 73.9 Å². The molecule has 1 amide bonds. The van der Waals surface area contributed by atoms with Crippen LogP contribution in [0.4, 0.5) is 10.2 Å². The smallest absolute Gasteiger partial charge is 0.231 e. The fourth-order valence-corrected chi connectivity index (χ4v) is 3.34. The number of hydrogen-bond donors (Lipinski definition) is 1. The van der Waals surface area contributed by atoms with Crippen molar-refractivity contribution in [3.8, 4) is 11.3 Å². The highest BCUT2D eigenvalue weighted by Gasteiger charge is 2.18. The van der Waals surface area contributed by atoms with E-state index in [0.29, 0.717) is 17.1 Å². The highest BCUT2D eigenvalue weighted by Crippen LogP contribution is 2.27. The van der Waals surface area contributed by atoms with Crippen LogP contribution < -0.4 is 5.32 Å². The quantitative estimate of drug-likeness (QED) is 0.554. The topological polar surface area (TPSA) is 59.3 Å². The number of aromatic nitrogens is 3. The maximum absolute atomic E-state index is 13.8. The lowest BCUT2D eigenvalue weighted by atomic mass is 10.1. The Morgan fingerprint density at radius 3 is 2.66 bits per heavy atom. The van der Waals surface area contributed by atoms with Gasteiger partial charge in [-0.15, -0.1) is 0 Å². The zero-order chi connectivity index (χ0) is 20.5. The molecule has 1 aromatic carbocycles. The number of carbonyl (C=O) groups excluding carboxylic acids is 1. The molecule has 4 aromatic rings. The van der Waals surface area contributed by atoms with Crippen molar-refractivity contribution in [1.82, 2.24) is 14.4 Å². The van der Waals surface area contributed by atoms with E-state index >= 15 is 0 Å². The minimum absolute atomic E-state index is 0.117. The Kier molecular flexibility index (Phi) is 4.84. The van der Waals surface area contributed by atoms with Crippen LogP contribution in [0.1, 0.15) is 22.4 Å². The largest absolute Gasteiger partial charge is 0.310 e. The lowest BCUT2D eigenvalue weighted by molar-refractivity contribution is -0.115. The zero-order valence-electron chi connectivity index (χ0n) is 16.5. The normalized spacial score (nSPS) is 11.0. The first-order valence-corrected chi connectivity index (χ1v) is 9.37. The van der Waals surface area contributed by atoms with Crippen molar-refractivity contribution in [2.45, 2.75) is 27.2 Å². The van der Waals surface area contributed by atoms with Gasteiger partial charge in [-0.2, -0.15) is 0 Å². The Hall–Kier alpha value is -3.54. The number of halogens is 1. The molecular formula is C23H21FN4O. The summed E-state index contributed by atoms with van der Waals surface area (Å²) in [6, 6.07) is 12.5. The van der Waals surface area contributed by atoms with Gasteiger partial charge in [-0.3, -0.25) is 4.79 Å². The van der Waals surface area contributed by atoms with E-state index in [1.165, 1.54) is 6.07 Å². The number of rotatable bonds is 4. The molecule has 4 rings (SSSR count). The summed E-state index contributed by atoms with van der Waals surface area (Å²) in [6.07, 6.45) is 3.73. The van der Waals surface area contributed by atoms with E-state index in [1.807, 2.05) is 48.7 Å². The lowest BCUT2D eigenvalue weighted by Gasteiger charge is -2.08. The first-order valence-electron chi connectivity index (χ1n) is 9.37. The number of benzene rings is 1. The third-order valence-corrected chi connectivity index (χ3v) is 4.81. The second kappa shape index (κ2) is 7.47. The molecule has 0 aliphatic carbocycles. The Morgan fingerprint density at radius 1 is 1.07 bits per heavy atom. The van der Waals surface area contributed by atoms with E-state index in [-0.39, 0.29) is 18.1 Å². The van der Waals surface area contributed by atoms with Crippen molar-refractivity contribution in [3.05, 3.63) is 83.1 Å². The molecule has 0 fully saturated rings. The average molecular weight is 388 g/mol. The van der Waals surface area contributed by atoms with E-state index in [2.05, 4.69) is 10.3 Å². The molecule has 3 heterocycles. The van der Waals surface area contributed by atoms with Crippen molar-refractivity contribution in [1.29, 1.82) is 0 Å². The van der Waals surface area contributed by atoms with Crippen molar-refractivity contribution >= 4 is 17.4 Å². The van der Waals surface area contributed by atoms with Crippen LogP contribution in [0, 0.1) is 26.6 Å². The van der Waals surface area contributed by atoms with E-state index in [1.54, 1.807) is 25.3 Å². The van der Waals surface area contributed by atoms with E-state index in [9.17, 15) is 9.18 Å². The van der Waals surface area contributed by atoms with Gasteiger partial charge in [0.25, 0.3) is 0 Å². The fourth-order valence-electron chi connectivity index (χ4n) is 3.34. The van der Waals surface area contributed by atoms with Crippen LogP contribution in [0.5, 0.6) is 0 Å². The van der Waals surface area contributed by atoms with Crippen molar-refractivity contribution in [2.24, 2.45) is 0 Å². The van der Waals surface area contributed by atoms with Gasteiger partial charge in [0.1, 0.15) is 17.3 Å². The summed E-state index contributed by atoms with van der Waals surface area (Å²) in [7, 11) is 0. The fraction of sp³-hybridized carbons (Fsp3) is 0.174. The number of imidazole rings is 1. The van der Waals surface area contributed by atoms with Crippen LogP contribution in [0.3, 0.4) is 0 Å². The molecule has 6 heteroatoms. The molecule has 0 spiro atoms. The standard InChI is InChI=1S/C23H21FN4O/c1-14-8-9-25-20(10-14)26-22(29)12-19-23(17-5-6-18(24)16(3)11-17)27-21-7-4-15(2)13-28(19)21/h4-11,13H,12H2,1-3H3,(H,25,26,29). The van der Waals surface area contributed by atoms with Crippen molar-refractivity contribution in [3.63, 3.8) is 0 Å². The molecule has 0 saturated carbocycles. The number of fused-ring (bicyclic) bond motifs is 1. The van der Waals surface area contributed by atoms with Gasteiger partial charge >= 0.3 is 0 Å². The number of hydrogen-bond acceptors (Lipinski definition) is 3. The molecule has 0 atom stereocenters. The molecule has 1 N–H and O–H groups in total. The molecule has 0 aliphatic heterocycles. The van der Waals surface area contributed by atoms with Crippen molar-refractivity contribution < 1.29 is 9.18 Å². The van der Waals surface area contributed by atoms with Gasteiger partial charge in [0.05, 0.1) is 17.8 Å². The number of carbonyl (C=O) groups is 1. The number of aryl methyl sites for hydroxylation is 3. The first kappa shape index (κ1) is 18.8. The highest BCUT2D eigenvalue weighted by molar-refractivity contribution is 5.92. The second-order valence-corrected chi connectivity index (χ2v) is 7.25. The summed E-state index contributed by atoms with van der Waals surface area (Å²) in [4.78, 5) is 21.7. The maximum atomic E-state index is 13.8. The third kappa shape index (κ3) is 3.87. The van der Waals surface area contributed by atoms with E-state index < -0.39 is 0 Å². The van der Waals surface area contributed by atoms with Crippen LogP contribution in [0.25, 0.3) is 16.9 Å². The predicted octanol–water partition coefficient (Wildman–Crippen LogP) is 4.64. The Balaban J connectivity index is 1.75. The summed E-state index contributed by atoms with van der Waals surface area (Å²) >= 11 is 0. The number of nitrogens with zero attached hydrogens (tertiary/aromatic N) is 3. The van der Waals surface area contributed by atoms with Gasteiger partial charge in [0.15, 0.2) is 0 Å². The molecule has 0 unspecified atom stereocenters. The van der Waals surface area contributed by atoms with Crippen LogP contribution in [-0.4, -0.2) is 20.3 Å². The number of amides is 1. The van der Waals surface area contributed by atoms with Crippen LogP contribution in [0.15, 0.2) is 54.9 Å². The number of anilines is 1. The summed E-state index contributed by atoms with van der Waals surface area (Å²) in [5.41, 5.74) is 5.55. The maximum Gasteiger partial charge on any atom is 0.231 e. The summed E-state index contributed by atoms with van der Waals surface area (Å²) in [5, 5.41) is 2.85. The Morgan fingerprint density at radius 2 is 1.90 bits per heavy atom. The molecule has 0 saturated heterocycles. The van der Waals surface area contributed by atoms with Gasteiger partial charge in [-0.1, -0.05) is 6.07 Å². The first-order chi connectivity index (χ1) is 13.9. The van der Waals surface area contributed by atoms with E-state index in [0.717, 1.165) is 28.0 Å². The summed E-state index contributed by atoms with van der Waals surface area (Å²) < 4.78 is 15.7. The molecule has 5 nitrogen and oxygen atoms in total. The van der Waals surface area contributed by atoms with E-state index in [4.69, 9.17) is 4.98 Å². The molecular weight excluding hydrogens is 367 g/mol. The number of pyridine rings is 2. The van der Waals surface area contributed by atoms with Gasteiger partial charge in [0, 0.05) is 18.0 Å². The van der Waals surface area contributed by atoms with Gasteiger partial charge < -0.3 is 9.72 Å². The minimum Gasteiger partial charge on any atom is -0.310 e. The molecule has 146 valence electrons. The molecule has 3 aromatic heterocycles. The molecule has 0 radical (unpaired) electrons. The minimum atomic E-state index is -0.266. The average Bonchev–Trinajstić information content (AvgIpc) is 3.01.